The molecule has 1 aromatic heterocycles. The Labute approximate surface area is 230 Å². The van der Waals surface area contributed by atoms with Crippen molar-refractivity contribution < 1.29 is 14.6 Å². The standard InChI is InChI=1S/C26H34ClN7O5/c1-4-5-20(11-6-17(2)39-22(29)13-12-21(28)23(36)30-3)31-24-32-25(37)33(14-15-35)26(38)34(24)16-18-7-9-19(27)10-8-18/h5-13,17,35H,4,14-16,28-29H2,1-3H3,(H,30,36)(H,31,32,37)/b11-6-,20-5+,21-12-,22-13+. The fraction of sp³-hybridized carbons (Fsp3) is 0.308. The third-order valence-corrected chi connectivity index (χ3v) is 5.44. The number of rotatable bonds is 13. The van der Waals surface area contributed by atoms with Crippen LogP contribution in [0.4, 0.5) is 5.95 Å². The van der Waals surface area contributed by atoms with Crippen molar-refractivity contribution in [3.8, 4) is 0 Å². The smallest absolute Gasteiger partial charge is 0.355 e. The lowest BCUT2D eigenvalue weighted by Gasteiger charge is -2.16. The maximum absolute atomic E-state index is 13.2. The average molecular weight is 560 g/mol. The summed E-state index contributed by atoms with van der Waals surface area (Å²) in [6.45, 7) is 3.20. The lowest BCUT2D eigenvalue weighted by molar-refractivity contribution is -0.117. The third-order valence-electron chi connectivity index (χ3n) is 5.19. The number of likely N-dealkylation sites (N-methyl/N-ethyl adjacent to an activating group) is 1. The summed E-state index contributed by atoms with van der Waals surface area (Å²) >= 11 is 5.98. The van der Waals surface area contributed by atoms with Crippen LogP contribution in [0.1, 0.15) is 25.8 Å². The summed E-state index contributed by atoms with van der Waals surface area (Å²) in [6.07, 6.45) is 8.10. The van der Waals surface area contributed by atoms with Gasteiger partial charge in [-0.25, -0.2) is 14.2 Å². The summed E-state index contributed by atoms with van der Waals surface area (Å²) in [5.41, 5.74) is 11.3. The molecular weight excluding hydrogens is 526 g/mol. The number of carbonyl (C=O) groups excluding carboxylic acids is 1. The topological polar surface area (TPSA) is 180 Å². The van der Waals surface area contributed by atoms with Crippen LogP contribution < -0.4 is 33.5 Å². The van der Waals surface area contributed by atoms with Crippen LogP contribution in [0.2, 0.25) is 5.02 Å². The number of amides is 1. The number of halogens is 1. The molecule has 0 aliphatic rings. The number of carbonyl (C=O) groups is 1. The van der Waals surface area contributed by atoms with E-state index >= 15 is 0 Å². The molecule has 0 fully saturated rings. The van der Waals surface area contributed by atoms with Crippen molar-refractivity contribution in [1.82, 2.24) is 19.4 Å². The van der Waals surface area contributed by atoms with Crippen LogP contribution in [0.5, 0.6) is 0 Å². The lowest BCUT2D eigenvalue weighted by atomic mass is 10.2. The van der Waals surface area contributed by atoms with Crippen molar-refractivity contribution in [3.63, 3.8) is 0 Å². The van der Waals surface area contributed by atoms with Crippen molar-refractivity contribution >= 4 is 23.5 Å². The van der Waals surface area contributed by atoms with Crippen LogP contribution in [0.3, 0.4) is 0 Å². The minimum absolute atomic E-state index is 0.0253. The van der Waals surface area contributed by atoms with E-state index in [2.05, 4.69) is 15.6 Å². The second kappa shape index (κ2) is 15.2. The molecule has 1 amide bonds. The molecule has 0 saturated heterocycles. The monoisotopic (exact) mass is 559 g/mol. The van der Waals surface area contributed by atoms with E-state index in [1.54, 1.807) is 43.3 Å². The van der Waals surface area contributed by atoms with Crippen molar-refractivity contribution in [2.45, 2.75) is 39.5 Å². The van der Waals surface area contributed by atoms with E-state index < -0.39 is 30.0 Å². The second-order valence-corrected chi connectivity index (χ2v) is 8.67. The Balaban J connectivity index is 2.33. The number of nitrogens with one attached hydrogen (secondary N) is 2. The van der Waals surface area contributed by atoms with Crippen LogP contribution >= 0.6 is 11.6 Å². The summed E-state index contributed by atoms with van der Waals surface area (Å²) in [6, 6.07) is 6.91. The highest BCUT2D eigenvalue weighted by atomic mass is 35.5. The first-order chi connectivity index (χ1) is 18.6. The average Bonchev–Trinajstić information content (AvgIpc) is 2.91. The first-order valence-electron chi connectivity index (χ1n) is 12.1. The molecule has 1 aromatic carbocycles. The number of benzene rings is 1. The second-order valence-electron chi connectivity index (χ2n) is 8.23. The summed E-state index contributed by atoms with van der Waals surface area (Å²) in [5, 5.41) is 15.3. The highest BCUT2D eigenvalue weighted by Crippen LogP contribution is 2.13. The molecule has 0 bridgehead atoms. The number of nitrogens with zero attached hydrogens (tertiary/aromatic N) is 3. The molecule has 12 nitrogen and oxygen atoms in total. The van der Waals surface area contributed by atoms with Crippen molar-refractivity contribution in [2.24, 2.45) is 11.5 Å². The maximum atomic E-state index is 13.2. The van der Waals surface area contributed by atoms with Gasteiger partial charge in [0.25, 0.3) is 5.91 Å². The lowest BCUT2D eigenvalue weighted by Crippen LogP contribution is -2.43. The molecular formula is C26H34ClN7O5. The van der Waals surface area contributed by atoms with Crippen molar-refractivity contribution in [3.05, 3.63) is 103 Å². The van der Waals surface area contributed by atoms with E-state index in [9.17, 15) is 19.5 Å². The third kappa shape index (κ3) is 9.51. The molecule has 39 heavy (non-hydrogen) atoms. The van der Waals surface area contributed by atoms with Gasteiger partial charge in [0.15, 0.2) is 5.88 Å². The van der Waals surface area contributed by atoms with Gasteiger partial charge in [-0.15, -0.1) is 0 Å². The molecule has 0 aliphatic heterocycles. The minimum Gasteiger partial charge on any atom is -0.472 e. The van der Waals surface area contributed by atoms with E-state index in [1.165, 1.54) is 23.8 Å². The molecule has 2 aromatic rings. The fourth-order valence-corrected chi connectivity index (χ4v) is 3.39. The Kier molecular flexibility index (Phi) is 12.1. The first kappa shape index (κ1) is 30.9. The Bertz CT molecular complexity index is 1370. The predicted octanol–water partition coefficient (Wildman–Crippen LogP) is 1.15. The minimum atomic E-state index is -0.789. The van der Waals surface area contributed by atoms with Gasteiger partial charge >= 0.3 is 11.4 Å². The number of nitrogens with two attached hydrogens (primary N) is 2. The number of aromatic nitrogens is 3. The van der Waals surface area contributed by atoms with Gasteiger partial charge in [0.2, 0.25) is 5.95 Å². The van der Waals surface area contributed by atoms with Crippen LogP contribution in [0.25, 0.3) is 0 Å². The summed E-state index contributed by atoms with van der Waals surface area (Å²) < 4.78 is 7.77. The van der Waals surface area contributed by atoms with Gasteiger partial charge in [-0.3, -0.25) is 9.36 Å². The number of hydrogen-bond donors (Lipinski definition) is 5. The zero-order chi connectivity index (χ0) is 28.9. The van der Waals surface area contributed by atoms with Crippen LogP contribution in [-0.4, -0.2) is 44.9 Å². The predicted molar refractivity (Wildman–Crippen MR) is 151 cm³/mol. The van der Waals surface area contributed by atoms with Crippen LogP contribution in [-0.2, 0) is 22.6 Å². The van der Waals surface area contributed by atoms with Gasteiger partial charge in [-0.2, -0.15) is 4.98 Å². The molecule has 210 valence electrons. The quantitative estimate of drug-likeness (QED) is 0.137. The molecule has 1 heterocycles. The zero-order valence-electron chi connectivity index (χ0n) is 22.1. The fourth-order valence-electron chi connectivity index (χ4n) is 3.27. The van der Waals surface area contributed by atoms with E-state index in [1.807, 2.05) is 13.0 Å². The van der Waals surface area contributed by atoms with E-state index in [4.69, 9.17) is 27.8 Å². The molecule has 7 N–H and O–H groups in total. The Morgan fingerprint density at radius 3 is 2.51 bits per heavy atom. The molecule has 0 radical (unpaired) electrons. The van der Waals surface area contributed by atoms with Gasteiger partial charge < -0.3 is 31.9 Å². The number of aliphatic hydroxyl groups excluding tert-OH is 1. The molecule has 13 heteroatoms. The number of hydrogen-bond acceptors (Lipinski definition) is 9. The SMILES string of the molecule is CC/C=C(\C=C/C(C)O/C(N)=C/C=C(\N)C(=O)NC)Nc1nc(=O)n(CCO)c(=O)n1Cc1ccc(Cl)cc1. The molecule has 1 unspecified atom stereocenters. The number of ether oxygens (including phenoxy) is 1. The molecule has 0 spiro atoms. The van der Waals surface area contributed by atoms with Crippen molar-refractivity contribution in [2.75, 3.05) is 19.0 Å². The number of aliphatic hydroxyl groups is 1. The van der Waals surface area contributed by atoms with E-state index in [-0.39, 0.29) is 30.6 Å². The molecule has 0 saturated carbocycles. The largest absolute Gasteiger partial charge is 0.472 e. The summed E-state index contributed by atoms with van der Waals surface area (Å²) in [7, 11) is 1.46. The number of anilines is 1. The Morgan fingerprint density at radius 2 is 1.90 bits per heavy atom. The molecule has 2 rings (SSSR count). The van der Waals surface area contributed by atoms with E-state index in [0.717, 1.165) is 10.1 Å². The highest BCUT2D eigenvalue weighted by Gasteiger charge is 2.14. The van der Waals surface area contributed by atoms with Crippen LogP contribution in [0.15, 0.2) is 81.5 Å². The highest BCUT2D eigenvalue weighted by molar-refractivity contribution is 6.30. The Hall–Kier alpha value is -4.29. The van der Waals surface area contributed by atoms with Gasteiger partial charge in [0.05, 0.1) is 25.4 Å². The first-order valence-corrected chi connectivity index (χ1v) is 12.5. The summed E-state index contributed by atoms with van der Waals surface area (Å²) in [5.74, 6) is -0.375. The number of allylic oxidation sites excluding steroid dienone is 4. The van der Waals surface area contributed by atoms with Gasteiger partial charge in [-0.05, 0) is 55.3 Å². The molecule has 1 atom stereocenters. The Morgan fingerprint density at radius 1 is 1.21 bits per heavy atom. The van der Waals surface area contributed by atoms with Gasteiger partial charge in [0, 0.05) is 17.8 Å². The molecule has 0 aliphatic carbocycles. The zero-order valence-corrected chi connectivity index (χ0v) is 22.8. The summed E-state index contributed by atoms with van der Waals surface area (Å²) in [4.78, 5) is 41.2. The van der Waals surface area contributed by atoms with E-state index in [0.29, 0.717) is 17.1 Å². The maximum Gasteiger partial charge on any atom is 0.355 e. The van der Waals surface area contributed by atoms with Crippen molar-refractivity contribution in [1.29, 1.82) is 0 Å². The van der Waals surface area contributed by atoms with Gasteiger partial charge in [-0.1, -0.05) is 36.7 Å². The van der Waals surface area contributed by atoms with Gasteiger partial charge in [0.1, 0.15) is 6.10 Å². The normalized spacial score (nSPS) is 13.4. The van der Waals surface area contributed by atoms with Crippen LogP contribution in [0, 0.1) is 0 Å².